The lowest BCUT2D eigenvalue weighted by Crippen LogP contribution is -2.37. The molecular weight excluding hydrogens is 453 g/mol. The van der Waals surface area contributed by atoms with Crippen LogP contribution < -0.4 is 5.32 Å². The topological polar surface area (TPSA) is 80.1 Å². The van der Waals surface area contributed by atoms with Crippen molar-refractivity contribution in [2.24, 2.45) is 0 Å². The largest absolute Gasteiger partial charge is 0.335 e. The predicted molar refractivity (Wildman–Crippen MR) is 129 cm³/mol. The van der Waals surface area contributed by atoms with Gasteiger partial charge in [-0.1, -0.05) is 6.07 Å². The molecule has 5 rings (SSSR count). The zero-order chi connectivity index (χ0) is 23.7. The summed E-state index contributed by atoms with van der Waals surface area (Å²) in [5.74, 6) is -0.0383. The van der Waals surface area contributed by atoms with Gasteiger partial charge in [-0.3, -0.25) is 14.3 Å². The predicted octanol–water partition coefficient (Wildman–Crippen LogP) is 4.36. The first-order valence-corrected chi connectivity index (χ1v) is 11.8. The van der Waals surface area contributed by atoms with E-state index < -0.39 is 0 Å². The Balaban J connectivity index is 1.54. The zero-order valence-electron chi connectivity index (χ0n) is 18.5. The molecule has 3 aromatic heterocycles. The zero-order valence-corrected chi connectivity index (χ0v) is 19.3. The number of hydrogen-bond acceptors (Lipinski definition) is 5. The first-order chi connectivity index (χ1) is 16.5. The molecule has 9 heteroatoms. The van der Waals surface area contributed by atoms with Crippen LogP contribution in [0.2, 0.25) is 0 Å². The molecule has 0 radical (unpaired) electrons. The fourth-order valence-corrected chi connectivity index (χ4v) is 4.82. The number of amides is 2. The summed E-state index contributed by atoms with van der Waals surface area (Å²) >= 11 is 1.53. The van der Waals surface area contributed by atoms with Crippen LogP contribution >= 0.6 is 11.3 Å². The maximum atomic E-state index is 13.6. The number of thiophene rings is 1. The van der Waals surface area contributed by atoms with Crippen molar-refractivity contribution >= 4 is 29.0 Å². The lowest BCUT2D eigenvalue weighted by molar-refractivity contribution is -0.130. The third-order valence-corrected chi connectivity index (χ3v) is 6.65. The molecule has 4 aromatic rings. The van der Waals surface area contributed by atoms with Crippen LogP contribution in [0, 0.1) is 5.82 Å². The van der Waals surface area contributed by atoms with Crippen LogP contribution in [0.15, 0.2) is 60.1 Å². The first-order valence-electron chi connectivity index (χ1n) is 10.9. The van der Waals surface area contributed by atoms with E-state index in [1.165, 1.54) is 23.5 Å². The summed E-state index contributed by atoms with van der Waals surface area (Å²) in [6, 6.07) is 13.7. The Hall–Kier alpha value is -3.85. The Bertz CT molecular complexity index is 1350. The Morgan fingerprint density at radius 1 is 1.12 bits per heavy atom. The molecule has 0 aliphatic carbocycles. The summed E-state index contributed by atoms with van der Waals surface area (Å²) in [7, 11) is 0. The van der Waals surface area contributed by atoms with Crippen molar-refractivity contribution in [3.8, 4) is 22.4 Å². The van der Waals surface area contributed by atoms with Crippen LogP contribution in [0.4, 0.5) is 10.2 Å². The monoisotopic (exact) mass is 475 g/mol. The highest BCUT2D eigenvalue weighted by Gasteiger charge is 2.27. The summed E-state index contributed by atoms with van der Waals surface area (Å²) in [5, 5.41) is 9.62. The number of anilines is 1. The van der Waals surface area contributed by atoms with Crippen molar-refractivity contribution in [2.75, 3.05) is 11.9 Å². The number of pyridine rings is 1. The van der Waals surface area contributed by atoms with Crippen molar-refractivity contribution in [1.29, 1.82) is 0 Å². The molecular formula is C25H22FN5O2S. The molecule has 0 atom stereocenters. The molecule has 172 valence electrons. The van der Waals surface area contributed by atoms with Gasteiger partial charge in [0.05, 0.1) is 25.2 Å². The fourth-order valence-electron chi connectivity index (χ4n) is 4.11. The molecule has 0 saturated carbocycles. The third-order valence-electron chi connectivity index (χ3n) is 5.77. The molecule has 4 heterocycles. The maximum Gasteiger partial charge on any atom is 0.230 e. The van der Waals surface area contributed by atoms with Crippen molar-refractivity contribution in [3.63, 3.8) is 0 Å². The van der Waals surface area contributed by atoms with Crippen molar-refractivity contribution in [2.45, 2.75) is 26.4 Å². The number of aromatic nitrogens is 3. The van der Waals surface area contributed by atoms with Gasteiger partial charge in [-0.25, -0.2) is 9.37 Å². The van der Waals surface area contributed by atoms with Crippen LogP contribution in [0.25, 0.3) is 22.4 Å². The second-order valence-electron chi connectivity index (χ2n) is 8.07. The van der Waals surface area contributed by atoms with Gasteiger partial charge in [0.2, 0.25) is 11.8 Å². The minimum Gasteiger partial charge on any atom is -0.335 e. The second-order valence-corrected chi connectivity index (χ2v) is 9.11. The fraction of sp³-hybridized carbons (Fsp3) is 0.200. The van der Waals surface area contributed by atoms with Gasteiger partial charge in [0.15, 0.2) is 0 Å². The lowest BCUT2D eigenvalue weighted by Gasteiger charge is -2.27. The Morgan fingerprint density at radius 3 is 2.68 bits per heavy atom. The van der Waals surface area contributed by atoms with E-state index in [2.05, 4.69) is 10.3 Å². The van der Waals surface area contributed by atoms with E-state index in [-0.39, 0.29) is 24.1 Å². The van der Waals surface area contributed by atoms with Crippen LogP contribution in [0.5, 0.6) is 0 Å². The minimum atomic E-state index is -0.323. The number of halogens is 1. The van der Waals surface area contributed by atoms with E-state index in [0.717, 1.165) is 27.3 Å². The number of rotatable bonds is 5. The standard InChI is InChI=1S/C25H22FN5O2S/c1-16(32)30-10-11-31-21(15-30)24(25(29-31)17-4-6-19(26)7-5-17)18-8-9-27-22(13-18)28-23(33)14-20-3-2-12-34-20/h2-9,12-13H,10-11,14-15H2,1H3,(H,27,28,33). The quantitative estimate of drug-likeness (QED) is 0.465. The summed E-state index contributed by atoms with van der Waals surface area (Å²) < 4.78 is 15.5. The highest BCUT2D eigenvalue weighted by atomic mass is 32.1. The average Bonchev–Trinajstić information content (AvgIpc) is 3.46. The molecule has 1 aliphatic heterocycles. The molecule has 1 aliphatic rings. The highest BCUT2D eigenvalue weighted by Crippen LogP contribution is 2.37. The number of benzene rings is 1. The van der Waals surface area contributed by atoms with Gasteiger partial charge in [0, 0.05) is 35.7 Å². The van der Waals surface area contributed by atoms with Crippen LogP contribution in [0.1, 0.15) is 17.5 Å². The van der Waals surface area contributed by atoms with Crippen molar-refractivity contribution < 1.29 is 14.0 Å². The molecule has 2 amide bonds. The molecule has 0 saturated heterocycles. The summed E-state index contributed by atoms with van der Waals surface area (Å²) in [4.78, 5) is 31.7. The Morgan fingerprint density at radius 2 is 1.94 bits per heavy atom. The van der Waals surface area contributed by atoms with Crippen LogP contribution in [-0.2, 0) is 29.1 Å². The molecule has 0 spiro atoms. The van der Waals surface area contributed by atoms with Gasteiger partial charge in [0.1, 0.15) is 17.3 Å². The normalized spacial score (nSPS) is 12.9. The Labute approximate surface area is 199 Å². The lowest BCUT2D eigenvalue weighted by atomic mass is 9.98. The Kier molecular flexibility index (Phi) is 5.93. The summed E-state index contributed by atoms with van der Waals surface area (Å²) in [6.45, 7) is 3.12. The van der Waals surface area contributed by atoms with E-state index in [4.69, 9.17) is 5.10 Å². The van der Waals surface area contributed by atoms with Gasteiger partial charge in [0.25, 0.3) is 0 Å². The van der Waals surface area contributed by atoms with Crippen LogP contribution in [-0.4, -0.2) is 38.0 Å². The molecule has 0 bridgehead atoms. The number of nitrogens with one attached hydrogen (secondary N) is 1. The van der Waals surface area contributed by atoms with E-state index in [0.29, 0.717) is 31.1 Å². The summed E-state index contributed by atoms with van der Waals surface area (Å²) in [6.07, 6.45) is 1.92. The van der Waals surface area contributed by atoms with Gasteiger partial charge in [-0.2, -0.15) is 5.10 Å². The molecule has 1 aromatic carbocycles. The molecule has 0 unspecified atom stereocenters. The van der Waals surface area contributed by atoms with E-state index >= 15 is 0 Å². The smallest absolute Gasteiger partial charge is 0.230 e. The maximum absolute atomic E-state index is 13.6. The van der Waals surface area contributed by atoms with Crippen molar-refractivity contribution in [1.82, 2.24) is 19.7 Å². The SMILES string of the molecule is CC(=O)N1CCn2nc(-c3ccc(F)cc3)c(-c3ccnc(NC(=O)Cc4cccs4)c3)c2C1. The number of hydrogen-bond donors (Lipinski definition) is 1. The molecule has 7 nitrogen and oxygen atoms in total. The van der Waals surface area contributed by atoms with Crippen LogP contribution in [0.3, 0.4) is 0 Å². The van der Waals surface area contributed by atoms with Gasteiger partial charge < -0.3 is 10.2 Å². The van der Waals surface area contributed by atoms with Gasteiger partial charge in [-0.05, 0) is 53.4 Å². The highest BCUT2D eigenvalue weighted by molar-refractivity contribution is 7.10. The molecule has 34 heavy (non-hydrogen) atoms. The second kappa shape index (κ2) is 9.18. The number of carbonyl (C=O) groups is 2. The number of fused-ring (bicyclic) bond motifs is 1. The van der Waals surface area contributed by atoms with Gasteiger partial charge >= 0.3 is 0 Å². The first kappa shape index (κ1) is 22.0. The number of nitrogens with zero attached hydrogens (tertiary/aromatic N) is 4. The van der Waals surface area contributed by atoms with E-state index in [9.17, 15) is 14.0 Å². The minimum absolute atomic E-state index is 0.00186. The van der Waals surface area contributed by atoms with Crippen molar-refractivity contribution in [3.05, 3.63) is 76.5 Å². The average molecular weight is 476 g/mol. The molecule has 1 N–H and O–H groups in total. The van der Waals surface area contributed by atoms with Gasteiger partial charge in [-0.15, -0.1) is 11.3 Å². The summed E-state index contributed by atoms with van der Waals surface area (Å²) in [5.41, 5.74) is 4.01. The number of carbonyl (C=O) groups excluding carboxylic acids is 2. The van der Waals surface area contributed by atoms with E-state index in [1.54, 1.807) is 30.2 Å². The third kappa shape index (κ3) is 4.47. The molecule has 0 fully saturated rings. The van der Waals surface area contributed by atoms with E-state index in [1.807, 2.05) is 34.3 Å².